The second-order valence-corrected chi connectivity index (χ2v) is 11.2. The number of nitrogens with one attached hydrogen (secondary N) is 1. The molecule has 1 amide bonds. The first kappa shape index (κ1) is 25.6. The van der Waals surface area contributed by atoms with Crippen LogP contribution in [0.2, 0.25) is 0 Å². The molecular formula is C31H29FN4O4. The lowest BCUT2D eigenvalue weighted by Gasteiger charge is -2.28. The number of ether oxygens (including phenoxy) is 1. The highest BCUT2D eigenvalue weighted by atomic mass is 19.1. The Morgan fingerprint density at radius 3 is 2.55 bits per heavy atom. The highest BCUT2D eigenvalue weighted by molar-refractivity contribution is 6.51. The average molecular weight is 541 g/mol. The number of aliphatic hydroxyl groups is 1. The van der Waals surface area contributed by atoms with Gasteiger partial charge in [0.05, 0.1) is 34.9 Å². The SMILES string of the molecule is CN1CCOc2ccc(/C(O)=C3\C(=O)C(=O)N(c4nc5ccc(F)cc5[nH]4)C3c3ccc(C(C)(C)C)cc3)cc21. The molecule has 1 fully saturated rings. The molecule has 4 aromatic rings. The number of carbonyl (C=O) groups is 2. The van der Waals surface area contributed by atoms with Gasteiger partial charge in [0.15, 0.2) is 0 Å². The molecule has 0 aliphatic carbocycles. The van der Waals surface area contributed by atoms with Gasteiger partial charge >= 0.3 is 5.91 Å². The molecule has 1 unspecified atom stereocenters. The molecule has 2 aliphatic rings. The largest absolute Gasteiger partial charge is 0.507 e. The van der Waals surface area contributed by atoms with Crippen LogP contribution in [0, 0.1) is 5.82 Å². The third-order valence-corrected chi connectivity index (χ3v) is 7.52. The number of Topliss-reactive ketones (excluding diaryl/α,β-unsaturated/α-hetero) is 1. The van der Waals surface area contributed by atoms with Gasteiger partial charge in [-0.3, -0.25) is 14.5 Å². The smallest absolute Gasteiger partial charge is 0.302 e. The fourth-order valence-corrected chi connectivity index (χ4v) is 5.27. The predicted octanol–water partition coefficient (Wildman–Crippen LogP) is 5.45. The van der Waals surface area contributed by atoms with Gasteiger partial charge < -0.3 is 19.7 Å². The van der Waals surface area contributed by atoms with Crippen LogP contribution >= 0.6 is 0 Å². The summed E-state index contributed by atoms with van der Waals surface area (Å²) in [6.45, 7) is 7.51. The Labute approximate surface area is 230 Å². The third-order valence-electron chi connectivity index (χ3n) is 7.52. The zero-order valence-corrected chi connectivity index (χ0v) is 22.7. The van der Waals surface area contributed by atoms with Crippen molar-refractivity contribution < 1.29 is 23.8 Å². The number of carbonyl (C=O) groups excluding carboxylic acids is 2. The Bertz CT molecular complexity index is 1700. The molecule has 1 aromatic heterocycles. The summed E-state index contributed by atoms with van der Waals surface area (Å²) < 4.78 is 19.6. The first-order valence-corrected chi connectivity index (χ1v) is 13.1. The maximum absolute atomic E-state index is 13.9. The minimum Gasteiger partial charge on any atom is -0.507 e. The van der Waals surface area contributed by atoms with Gasteiger partial charge in [0.1, 0.15) is 23.9 Å². The van der Waals surface area contributed by atoms with Crippen molar-refractivity contribution in [3.63, 3.8) is 0 Å². The van der Waals surface area contributed by atoms with Crippen LogP contribution in [0.1, 0.15) is 43.5 Å². The topological polar surface area (TPSA) is 98.8 Å². The zero-order chi connectivity index (χ0) is 28.3. The molecular weight excluding hydrogens is 511 g/mol. The van der Waals surface area contributed by atoms with Crippen LogP contribution in [0.15, 0.2) is 66.2 Å². The second kappa shape index (κ2) is 9.22. The minimum atomic E-state index is -0.968. The first-order valence-electron chi connectivity index (χ1n) is 13.1. The number of H-pyrrole nitrogens is 1. The molecule has 204 valence electrons. The van der Waals surface area contributed by atoms with Crippen molar-refractivity contribution >= 4 is 40.1 Å². The number of imidazole rings is 1. The van der Waals surface area contributed by atoms with Gasteiger partial charge in [-0.05, 0) is 52.9 Å². The number of rotatable bonds is 3. The van der Waals surface area contributed by atoms with Gasteiger partial charge in [-0.1, -0.05) is 45.0 Å². The molecule has 0 radical (unpaired) electrons. The Morgan fingerprint density at radius 2 is 1.82 bits per heavy atom. The number of halogens is 1. The van der Waals surface area contributed by atoms with Crippen LogP contribution in [0.4, 0.5) is 16.0 Å². The van der Waals surface area contributed by atoms with E-state index < -0.39 is 23.5 Å². The summed E-state index contributed by atoms with van der Waals surface area (Å²) in [5.41, 5.74) is 3.52. The van der Waals surface area contributed by atoms with Crippen molar-refractivity contribution in [2.24, 2.45) is 0 Å². The van der Waals surface area contributed by atoms with Gasteiger partial charge in [0.25, 0.3) is 5.78 Å². The lowest BCUT2D eigenvalue weighted by molar-refractivity contribution is -0.132. The lowest BCUT2D eigenvalue weighted by atomic mass is 9.85. The van der Waals surface area contributed by atoms with Crippen LogP contribution in [0.25, 0.3) is 16.8 Å². The normalized spacial score (nSPS) is 18.8. The van der Waals surface area contributed by atoms with Gasteiger partial charge in [0, 0.05) is 12.6 Å². The predicted molar refractivity (Wildman–Crippen MR) is 151 cm³/mol. The molecule has 1 atom stereocenters. The van der Waals surface area contributed by atoms with E-state index in [9.17, 15) is 19.1 Å². The van der Waals surface area contributed by atoms with Crippen LogP contribution in [0.3, 0.4) is 0 Å². The van der Waals surface area contributed by atoms with E-state index in [0.717, 1.165) is 11.3 Å². The molecule has 8 nitrogen and oxygen atoms in total. The molecule has 6 rings (SSSR count). The Morgan fingerprint density at radius 1 is 1.07 bits per heavy atom. The van der Waals surface area contributed by atoms with E-state index in [0.29, 0.717) is 41.1 Å². The second-order valence-electron chi connectivity index (χ2n) is 11.2. The molecule has 0 bridgehead atoms. The van der Waals surface area contributed by atoms with Crippen molar-refractivity contribution in [3.05, 3.63) is 88.7 Å². The van der Waals surface area contributed by atoms with Crippen molar-refractivity contribution in [1.82, 2.24) is 9.97 Å². The summed E-state index contributed by atoms with van der Waals surface area (Å²) in [4.78, 5) is 37.9. The molecule has 2 N–H and O–H groups in total. The summed E-state index contributed by atoms with van der Waals surface area (Å²) in [7, 11) is 1.92. The van der Waals surface area contributed by atoms with Crippen molar-refractivity contribution in [2.75, 3.05) is 30.0 Å². The number of aromatic nitrogens is 2. The number of anilines is 2. The number of aromatic amines is 1. The maximum Gasteiger partial charge on any atom is 0.302 e. The number of benzene rings is 3. The summed E-state index contributed by atoms with van der Waals surface area (Å²) in [5, 5.41) is 11.6. The van der Waals surface area contributed by atoms with Crippen LogP contribution < -0.4 is 14.5 Å². The maximum atomic E-state index is 13.9. The van der Waals surface area contributed by atoms with E-state index in [2.05, 4.69) is 30.7 Å². The number of fused-ring (bicyclic) bond motifs is 2. The van der Waals surface area contributed by atoms with E-state index >= 15 is 0 Å². The Hall–Kier alpha value is -4.66. The van der Waals surface area contributed by atoms with E-state index in [1.54, 1.807) is 18.2 Å². The molecule has 40 heavy (non-hydrogen) atoms. The number of hydrogen-bond acceptors (Lipinski definition) is 6. The zero-order valence-electron chi connectivity index (χ0n) is 22.7. The van der Waals surface area contributed by atoms with Gasteiger partial charge in [-0.2, -0.15) is 0 Å². The van der Waals surface area contributed by atoms with E-state index in [4.69, 9.17) is 4.74 Å². The Kier molecular flexibility index (Phi) is 5.90. The highest BCUT2D eigenvalue weighted by Crippen LogP contribution is 2.43. The molecule has 3 heterocycles. The van der Waals surface area contributed by atoms with Crippen molar-refractivity contribution in [3.8, 4) is 5.75 Å². The summed E-state index contributed by atoms with van der Waals surface area (Å²) in [6.07, 6.45) is 0. The summed E-state index contributed by atoms with van der Waals surface area (Å²) in [6, 6.07) is 15.9. The molecule has 1 saturated heterocycles. The summed E-state index contributed by atoms with van der Waals surface area (Å²) >= 11 is 0. The van der Waals surface area contributed by atoms with Crippen molar-refractivity contribution in [2.45, 2.75) is 32.2 Å². The van der Waals surface area contributed by atoms with Crippen LogP contribution in [0.5, 0.6) is 5.75 Å². The van der Waals surface area contributed by atoms with Crippen molar-refractivity contribution in [1.29, 1.82) is 0 Å². The molecule has 9 heteroatoms. The number of amides is 1. The number of aliphatic hydroxyl groups excluding tert-OH is 1. The average Bonchev–Trinajstić information content (AvgIpc) is 3.45. The quantitative estimate of drug-likeness (QED) is 0.204. The van der Waals surface area contributed by atoms with Crippen LogP contribution in [-0.4, -0.2) is 47.0 Å². The Balaban J connectivity index is 1.54. The van der Waals surface area contributed by atoms with E-state index in [-0.39, 0.29) is 22.7 Å². The van der Waals surface area contributed by atoms with Crippen LogP contribution in [-0.2, 0) is 15.0 Å². The number of likely N-dealkylation sites (N-methyl/N-ethyl adjacent to an activating group) is 1. The van der Waals surface area contributed by atoms with Gasteiger partial charge in [-0.25, -0.2) is 9.37 Å². The number of ketones is 1. The first-order chi connectivity index (χ1) is 19.0. The fourth-order valence-electron chi connectivity index (χ4n) is 5.27. The lowest BCUT2D eigenvalue weighted by Crippen LogP contribution is -2.30. The van der Waals surface area contributed by atoms with E-state index in [1.807, 2.05) is 36.2 Å². The molecule has 0 saturated carbocycles. The fraction of sp³-hybridized carbons (Fsp3) is 0.258. The van der Waals surface area contributed by atoms with Gasteiger partial charge in [0.2, 0.25) is 5.95 Å². The summed E-state index contributed by atoms with van der Waals surface area (Å²) in [5.74, 6) is -1.67. The van der Waals surface area contributed by atoms with E-state index in [1.165, 1.54) is 23.1 Å². The molecule has 2 aliphatic heterocycles. The minimum absolute atomic E-state index is 0.0560. The highest BCUT2D eigenvalue weighted by Gasteiger charge is 2.48. The molecule has 3 aromatic carbocycles. The molecule has 0 spiro atoms. The third kappa shape index (κ3) is 4.18. The van der Waals surface area contributed by atoms with Gasteiger partial charge in [-0.15, -0.1) is 0 Å². The monoisotopic (exact) mass is 540 g/mol. The number of hydrogen-bond donors (Lipinski definition) is 2. The number of nitrogens with zero attached hydrogens (tertiary/aromatic N) is 3. The standard InChI is InChI=1S/C31H29FN4O4/c1-31(2,3)19-8-5-17(6-9-19)26-25(27(37)18-7-12-24-23(15-18)35(4)13-14-40-24)28(38)29(39)36(26)30-33-21-11-10-20(32)16-22(21)34-30/h5-12,15-16,26,37H,13-14H2,1-4H3,(H,33,34)/b27-25+.